The molecule has 2 amide bonds. The lowest BCUT2D eigenvalue weighted by molar-refractivity contribution is -0.127. The van der Waals surface area contributed by atoms with Crippen LogP contribution in [-0.2, 0) is 9.59 Å². The maximum Gasteiger partial charge on any atom is 0.230 e. The zero-order chi connectivity index (χ0) is 11.5. The molecule has 1 fully saturated rings. The Balaban J connectivity index is 1.97. The highest BCUT2D eigenvalue weighted by molar-refractivity contribution is 5.96. The van der Waals surface area contributed by atoms with Gasteiger partial charge in [-0.3, -0.25) is 9.59 Å². The Hall–Kier alpha value is -1.91. The van der Waals surface area contributed by atoms with Crippen LogP contribution in [0.1, 0.15) is 6.42 Å². The number of rotatable bonds is 2. The fourth-order valence-corrected chi connectivity index (χ4v) is 1.70. The molecule has 0 unspecified atom stereocenters. The van der Waals surface area contributed by atoms with Crippen LogP contribution in [0.3, 0.4) is 0 Å². The molecular formula is C11H13N3O2. The van der Waals surface area contributed by atoms with Crippen molar-refractivity contribution in [1.29, 1.82) is 0 Å². The van der Waals surface area contributed by atoms with Crippen molar-refractivity contribution in [2.45, 2.75) is 6.42 Å². The molecule has 1 saturated heterocycles. The SMILES string of the molecule is CN1C[C@H](C(=O)Nc2ccccn2)CC1=O. The zero-order valence-corrected chi connectivity index (χ0v) is 9.01. The number of hydrogen-bond acceptors (Lipinski definition) is 3. The molecule has 0 aromatic carbocycles. The molecule has 1 atom stereocenters. The molecule has 1 aliphatic rings. The third-order valence-corrected chi connectivity index (χ3v) is 2.63. The van der Waals surface area contributed by atoms with E-state index in [4.69, 9.17) is 0 Å². The molecule has 1 N–H and O–H groups in total. The van der Waals surface area contributed by atoms with Gasteiger partial charge in [0.1, 0.15) is 5.82 Å². The van der Waals surface area contributed by atoms with E-state index in [9.17, 15) is 9.59 Å². The molecule has 1 aliphatic heterocycles. The van der Waals surface area contributed by atoms with Crippen LogP contribution in [0.15, 0.2) is 24.4 Å². The lowest BCUT2D eigenvalue weighted by Gasteiger charge is -2.10. The number of nitrogens with one attached hydrogen (secondary N) is 1. The maximum atomic E-state index is 11.8. The molecule has 5 heteroatoms. The minimum atomic E-state index is -0.264. The molecule has 2 rings (SSSR count). The van der Waals surface area contributed by atoms with Crippen LogP contribution in [0, 0.1) is 5.92 Å². The molecule has 2 heterocycles. The average molecular weight is 219 g/mol. The number of nitrogens with zero attached hydrogens (tertiary/aromatic N) is 2. The van der Waals surface area contributed by atoms with Gasteiger partial charge < -0.3 is 10.2 Å². The summed E-state index contributed by atoms with van der Waals surface area (Å²) in [5.74, 6) is 0.131. The second kappa shape index (κ2) is 4.30. The summed E-state index contributed by atoms with van der Waals surface area (Å²) < 4.78 is 0. The topological polar surface area (TPSA) is 62.3 Å². The Labute approximate surface area is 93.5 Å². The molecule has 84 valence electrons. The van der Waals surface area contributed by atoms with E-state index in [0.717, 1.165) is 0 Å². The predicted octanol–water partition coefficient (Wildman–Crippen LogP) is 0.498. The Morgan fingerprint density at radius 2 is 2.38 bits per heavy atom. The number of hydrogen-bond donors (Lipinski definition) is 1. The fraction of sp³-hybridized carbons (Fsp3) is 0.364. The molecule has 16 heavy (non-hydrogen) atoms. The average Bonchev–Trinajstić information content (AvgIpc) is 2.61. The van der Waals surface area contributed by atoms with E-state index in [1.807, 2.05) is 0 Å². The first-order valence-corrected chi connectivity index (χ1v) is 5.12. The highest BCUT2D eigenvalue weighted by Gasteiger charge is 2.32. The summed E-state index contributed by atoms with van der Waals surface area (Å²) in [6.07, 6.45) is 1.90. The summed E-state index contributed by atoms with van der Waals surface area (Å²) in [6, 6.07) is 5.30. The van der Waals surface area contributed by atoms with Crippen LogP contribution in [0.2, 0.25) is 0 Å². The maximum absolute atomic E-state index is 11.8. The van der Waals surface area contributed by atoms with Crippen molar-refractivity contribution in [3.63, 3.8) is 0 Å². The molecule has 0 bridgehead atoms. The molecular weight excluding hydrogens is 206 g/mol. The van der Waals surface area contributed by atoms with Gasteiger partial charge >= 0.3 is 0 Å². The van der Waals surface area contributed by atoms with Crippen LogP contribution in [0.25, 0.3) is 0 Å². The number of anilines is 1. The highest BCUT2D eigenvalue weighted by atomic mass is 16.2. The largest absolute Gasteiger partial charge is 0.345 e. The number of aromatic nitrogens is 1. The lowest BCUT2D eigenvalue weighted by atomic mass is 10.1. The Morgan fingerprint density at radius 3 is 2.94 bits per heavy atom. The quantitative estimate of drug-likeness (QED) is 0.787. The van der Waals surface area contributed by atoms with E-state index in [2.05, 4.69) is 10.3 Å². The summed E-state index contributed by atoms with van der Waals surface area (Å²) in [6.45, 7) is 0.484. The first-order valence-electron chi connectivity index (χ1n) is 5.12. The number of carbonyl (C=O) groups is 2. The predicted molar refractivity (Wildman–Crippen MR) is 58.6 cm³/mol. The summed E-state index contributed by atoms with van der Waals surface area (Å²) in [5, 5.41) is 2.70. The van der Waals surface area contributed by atoms with E-state index < -0.39 is 0 Å². The zero-order valence-electron chi connectivity index (χ0n) is 9.01. The van der Waals surface area contributed by atoms with Gasteiger partial charge in [-0.25, -0.2) is 4.98 Å². The number of likely N-dealkylation sites (tertiary alicyclic amines) is 1. The van der Waals surface area contributed by atoms with Gasteiger partial charge in [0.2, 0.25) is 11.8 Å². The third-order valence-electron chi connectivity index (χ3n) is 2.63. The van der Waals surface area contributed by atoms with Crippen molar-refractivity contribution in [1.82, 2.24) is 9.88 Å². The summed E-state index contributed by atoms with van der Waals surface area (Å²) in [5.41, 5.74) is 0. The molecule has 5 nitrogen and oxygen atoms in total. The second-order valence-electron chi connectivity index (χ2n) is 3.88. The van der Waals surface area contributed by atoms with E-state index in [-0.39, 0.29) is 24.2 Å². The molecule has 0 radical (unpaired) electrons. The summed E-state index contributed by atoms with van der Waals surface area (Å²) in [4.78, 5) is 28.6. The highest BCUT2D eigenvalue weighted by Crippen LogP contribution is 2.17. The number of pyridine rings is 1. The van der Waals surface area contributed by atoms with Gasteiger partial charge in [0.05, 0.1) is 5.92 Å². The van der Waals surface area contributed by atoms with Crippen molar-refractivity contribution in [3.05, 3.63) is 24.4 Å². The second-order valence-corrected chi connectivity index (χ2v) is 3.88. The van der Waals surface area contributed by atoms with Crippen LogP contribution in [0.4, 0.5) is 5.82 Å². The molecule has 1 aromatic heterocycles. The molecule has 0 aliphatic carbocycles. The van der Waals surface area contributed by atoms with Crippen molar-refractivity contribution in [2.24, 2.45) is 5.92 Å². The van der Waals surface area contributed by atoms with Crippen molar-refractivity contribution in [3.8, 4) is 0 Å². The van der Waals surface area contributed by atoms with Gasteiger partial charge in [0, 0.05) is 26.2 Å². The van der Waals surface area contributed by atoms with Gasteiger partial charge in [0.25, 0.3) is 0 Å². The van der Waals surface area contributed by atoms with Crippen molar-refractivity contribution >= 4 is 17.6 Å². The van der Waals surface area contributed by atoms with Gasteiger partial charge in [-0.05, 0) is 12.1 Å². The van der Waals surface area contributed by atoms with Crippen molar-refractivity contribution in [2.75, 3.05) is 18.9 Å². The smallest absolute Gasteiger partial charge is 0.230 e. The van der Waals surface area contributed by atoms with Crippen LogP contribution in [-0.4, -0.2) is 35.3 Å². The van der Waals surface area contributed by atoms with Crippen LogP contribution >= 0.6 is 0 Å². The summed E-state index contributed by atoms with van der Waals surface area (Å²) >= 11 is 0. The number of carbonyl (C=O) groups excluding carboxylic acids is 2. The first-order chi connectivity index (χ1) is 7.66. The van der Waals surface area contributed by atoms with Gasteiger partial charge in [-0.1, -0.05) is 6.07 Å². The van der Waals surface area contributed by atoms with E-state index >= 15 is 0 Å². The van der Waals surface area contributed by atoms with Crippen molar-refractivity contribution < 1.29 is 9.59 Å². The Bertz CT molecular complexity index is 405. The molecule has 1 aromatic rings. The van der Waals surface area contributed by atoms with E-state index in [0.29, 0.717) is 12.4 Å². The lowest BCUT2D eigenvalue weighted by Crippen LogP contribution is -2.26. The summed E-state index contributed by atoms with van der Waals surface area (Å²) in [7, 11) is 1.70. The Morgan fingerprint density at radius 1 is 1.56 bits per heavy atom. The minimum absolute atomic E-state index is 0.0150. The standard InChI is InChI=1S/C11H13N3O2/c1-14-7-8(6-10(14)15)11(16)13-9-4-2-3-5-12-9/h2-5,8H,6-7H2,1H3,(H,12,13,16)/t8-/m1/s1. The van der Waals surface area contributed by atoms with Crippen LogP contribution in [0.5, 0.6) is 0 Å². The third kappa shape index (κ3) is 2.18. The van der Waals surface area contributed by atoms with Crippen LogP contribution < -0.4 is 5.32 Å². The first kappa shape index (κ1) is 10.6. The normalized spacial score (nSPS) is 19.9. The minimum Gasteiger partial charge on any atom is -0.345 e. The molecule has 0 spiro atoms. The Kier molecular flexibility index (Phi) is 2.85. The van der Waals surface area contributed by atoms with E-state index in [1.165, 1.54) is 0 Å². The van der Waals surface area contributed by atoms with Gasteiger partial charge in [-0.15, -0.1) is 0 Å². The molecule has 0 saturated carbocycles. The van der Waals surface area contributed by atoms with E-state index in [1.54, 1.807) is 36.3 Å². The monoisotopic (exact) mass is 219 g/mol. The van der Waals surface area contributed by atoms with Gasteiger partial charge in [-0.2, -0.15) is 0 Å². The fourth-order valence-electron chi connectivity index (χ4n) is 1.70. The number of amides is 2. The van der Waals surface area contributed by atoms with Gasteiger partial charge in [0.15, 0.2) is 0 Å².